The molecule has 4 rings (SSSR count). The summed E-state index contributed by atoms with van der Waals surface area (Å²) in [5.74, 6) is 1.34. The second-order valence-electron chi connectivity index (χ2n) is 6.42. The maximum atomic E-state index is 12.4. The summed E-state index contributed by atoms with van der Waals surface area (Å²) in [7, 11) is 0. The van der Waals surface area contributed by atoms with Crippen molar-refractivity contribution in [3.8, 4) is 0 Å². The number of nitrogens with one attached hydrogen (secondary N) is 3. The van der Waals surface area contributed by atoms with Gasteiger partial charge in [0, 0.05) is 17.9 Å². The van der Waals surface area contributed by atoms with Crippen LogP contribution in [0.15, 0.2) is 53.7 Å². The van der Waals surface area contributed by atoms with Gasteiger partial charge in [0.1, 0.15) is 0 Å². The molecule has 0 fully saturated rings. The van der Waals surface area contributed by atoms with Gasteiger partial charge in [-0.3, -0.25) is 9.89 Å². The van der Waals surface area contributed by atoms with Gasteiger partial charge in [0.15, 0.2) is 15.8 Å². The zero-order valence-electron chi connectivity index (χ0n) is 15.8. The van der Waals surface area contributed by atoms with Crippen LogP contribution < -0.4 is 5.32 Å². The number of nitrogens with zero attached hydrogens (tertiary/aromatic N) is 3. The SMILES string of the molecule is CCn1c(CNC(=O)c2ccc(CSc3nc4ccccc4[nH]3)cc2)n[nH]c1=S. The summed E-state index contributed by atoms with van der Waals surface area (Å²) in [5, 5.41) is 10.7. The number of para-hydroxylation sites is 2. The number of thioether (sulfide) groups is 1. The largest absolute Gasteiger partial charge is 0.345 e. The molecule has 2 aromatic heterocycles. The van der Waals surface area contributed by atoms with E-state index in [1.54, 1.807) is 11.8 Å². The highest BCUT2D eigenvalue weighted by Gasteiger charge is 2.09. The molecule has 0 aliphatic rings. The van der Waals surface area contributed by atoms with Crippen molar-refractivity contribution >= 4 is 40.9 Å². The predicted octanol–water partition coefficient (Wildman–Crippen LogP) is 4.06. The number of hydrogen-bond donors (Lipinski definition) is 3. The van der Waals surface area contributed by atoms with Crippen molar-refractivity contribution in [1.29, 1.82) is 0 Å². The van der Waals surface area contributed by atoms with Crippen LogP contribution >= 0.6 is 24.0 Å². The molecule has 9 heteroatoms. The number of amides is 1. The average Bonchev–Trinajstić information content (AvgIpc) is 3.33. The maximum Gasteiger partial charge on any atom is 0.251 e. The first-order valence-corrected chi connectivity index (χ1v) is 10.6. The fourth-order valence-corrected chi connectivity index (χ4v) is 4.10. The van der Waals surface area contributed by atoms with Crippen LogP contribution in [-0.4, -0.2) is 30.6 Å². The van der Waals surface area contributed by atoms with Gasteiger partial charge in [-0.2, -0.15) is 5.10 Å². The second-order valence-corrected chi connectivity index (χ2v) is 7.77. The summed E-state index contributed by atoms with van der Waals surface area (Å²) in [4.78, 5) is 20.3. The molecule has 0 radical (unpaired) electrons. The number of benzene rings is 2. The highest BCUT2D eigenvalue weighted by Crippen LogP contribution is 2.23. The molecule has 2 aromatic carbocycles. The minimum atomic E-state index is -0.141. The minimum Gasteiger partial charge on any atom is -0.345 e. The minimum absolute atomic E-state index is 0.141. The molecule has 1 amide bonds. The standard InChI is InChI=1S/C20H20N6OS2/c1-2-26-17(24-25-20(26)28)11-21-18(27)14-9-7-13(8-10-14)12-29-19-22-15-5-3-4-6-16(15)23-19/h3-10H,2,11-12H2,1H3,(H,21,27)(H,22,23)(H,25,28). The monoisotopic (exact) mass is 424 g/mol. The maximum absolute atomic E-state index is 12.4. The zero-order chi connectivity index (χ0) is 20.2. The number of H-pyrrole nitrogens is 2. The summed E-state index contributed by atoms with van der Waals surface area (Å²) in [5.41, 5.74) is 3.73. The highest BCUT2D eigenvalue weighted by molar-refractivity contribution is 7.98. The molecule has 2 heterocycles. The lowest BCUT2D eigenvalue weighted by atomic mass is 10.1. The molecule has 0 spiro atoms. The molecule has 0 atom stereocenters. The first-order valence-electron chi connectivity index (χ1n) is 9.23. The fourth-order valence-electron chi connectivity index (χ4n) is 2.97. The van der Waals surface area contributed by atoms with Gasteiger partial charge in [0.2, 0.25) is 0 Å². The van der Waals surface area contributed by atoms with Crippen molar-refractivity contribution in [2.75, 3.05) is 0 Å². The van der Waals surface area contributed by atoms with E-state index in [1.807, 2.05) is 60.0 Å². The number of carbonyl (C=O) groups is 1. The van der Waals surface area contributed by atoms with E-state index in [-0.39, 0.29) is 5.91 Å². The van der Waals surface area contributed by atoms with Crippen LogP contribution in [0, 0.1) is 4.77 Å². The van der Waals surface area contributed by atoms with Crippen LogP contribution in [0.4, 0.5) is 0 Å². The number of carbonyl (C=O) groups excluding carboxylic acids is 1. The van der Waals surface area contributed by atoms with Gasteiger partial charge in [0.25, 0.3) is 5.91 Å². The molecule has 0 saturated carbocycles. The fraction of sp³-hybridized carbons (Fsp3) is 0.200. The van der Waals surface area contributed by atoms with Gasteiger partial charge in [-0.15, -0.1) is 0 Å². The van der Waals surface area contributed by atoms with Crippen LogP contribution in [0.5, 0.6) is 0 Å². The molecule has 4 aromatic rings. The number of rotatable bonds is 7. The first kappa shape index (κ1) is 19.4. The quantitative estimate of drug-likeness (QED) is 0.307. The van der Waals surface area contributed by atoms with E-state index in [9.17, 15) is 4.79 Å². The lowest BCUT2D eigenvalue weighted by Crippen LogP contribution is -2.24. The van der Waals surface area contributed by atoms with Crippen LogP contribution in [0.25, 0.3) is 11.0 Å². The second kappa shape index (κ2) is 8.62. The third-order valence-corrected chi connectivity index (χ3v) is 5.78. The third kappa shape index (κ3) is 4.41. The molecular weight excluding hydrogens is 404 g/mol. The Morgan fingerprint density at radius 1 is 1.21 bits per heavy atom. The van der Waals surface area contributed by atoms with E-state index in [2.05, 4.69) is 25.5 Å². The molecule has 7 nitrogen and oxygen atoms in total. The molecule has 0 aliphatic heterocycles. The number of fused-ring (bicyclic) bond motifs is 1. The van der Waals surface area contributed by atoms with E-state index in [4.69, 9.17) is 12.2 Å². The number of aromatic nitrogens is 5. The Morgan fingerprint density at radius 2 is 2.00 bits per heavy atom. The van der Waals surface area contributed by atoms with Crippen molar-refractivity contribution in [3.63, 3.8) is 0 Å². The van der Waals surface area contributed by atoms with Crippen LogP contribution in [0.1, 0.15) is 28.7 Å². The Labute approximate surface area is 177 Å². The summed E-state index contributed by atoms with van der Waals surface area (Å²) in [6.07, 6.45) is 0. The van der Waals surface area contributed by atoms with E-state index < -0.39 is 0 Å². The predicted molar refractivity (Wildman–Crippen MR) is 116 cm³/mol. The van der Waals surface area contributed by atoms with Crippen molar-refractivity contribution in [3.05, 3.63) is 70.3 Å². The van der Waals surface area contributed by atoms with Crippen LogP contribution in [0.3, 0.4) is 0 Å². The summed E-state index contributed by atoms with van der Waals surface area (Å²) >= 11 is 6.80. The Balaban J connectivity index is 1.34. The van der Waals surface area contributed by atoms with Crippen molar-refractivity contribution < 1.29 is 4.79 Å². The average molecular weight is 425 g/mol. The van der Waals surface area contributed by atoms with Gasteiger partial charge in [-0.05, 0) is 49.0 Å². The van der Waals surface area contributed by atoms with Crippen molar-refractivity contribution in [2.24, 2.45) is 0 Å². The van der Waals surface area contributed by atoms with Gasteiger partial charge < -0.3 is 14.9 Å². The molecule has 0 bridgehead atoms. The molecule has 0 aliphatic carbocycles. The Morgan fingerprint density at radius 3 is 2.76 bits per heavy atom. The van der Waals surface area contributed by atoms with E-state index >= 15 is 0 Å². The van der Waals surface area contributed by atoms with Crippen LogP contribution in [0.2, 0.25) is 0 Å². The van der Waals surface area contributed by atoms with Gasteiger partial charge in [0.05, 0.1) is 17.6 Å². The molecule has 0 saturated heterocycles. The number of hydrogen-bond acceptors (Lipinski definition) is 5. The zero-order valence-corrected chi connectivity index (χ0v) is 17.4. The lowest BCUT2D eigenvalue weighted by molar-refractivity contribution is 0.0949. The summed E-state index contributed by atoms with van der Waals surface area (Å²) < 4.78 is 2.41. The van der Waals surface area contributed by atoms with E-state index in [1.165, 1.54) is 0 Å². The Kier molecular flexibility index (Phi) is 5.77. The van der Waals surface area contributed by atoms with E-state index in [0.29, 0.717) is 29.2 Å². The molecule has 3 N–H and O–H groups in total. The smallest absolute Gasteiger partial charge is 0.251 e. The first-order chi connectivity index (χ1) is 14.1. The third-order valence-electron chi connectivity index (χ3n) is 4.52. The van der Waals surface area contributed by atoms with Crippen molar-refractivity contribution in [2.45, 2.75) is 30.9 Å². The van der Waals surface area contributed by atoms with Gasteiger partial charge in [-0.25, -0.2) is 4.98 Å². The molecule has 0 unspecified atom stereocenters. The Bertz CT molecular complexity index is 1160. The normalized spacial score (nSPS) is 11.1. The lowest BCUT2D eigenvalue weighted by Gasteiger charge is -2.07. The highest BCUT2D eigenvalue weighted by atomic mass is 32.2. The summed E-state index contributed by atoms with van der Waals surface area (Å²) in [6.45, 7) is 3.01. The Hall–Kier alpha value is -2.91. The number of aromatic amines is 2. The van der Waals surface area contributed by atoms with Crippen molar-refractivity contribution in [1.82, 2.24) is 30.0 Å². The topological polar surface area (TPSA) is 91.4 Å². The van der Waals surface area contributed by atoms with Gasteiger partial charge >= 0.3 is 0 Å². The molecule has 29 heavy (non-hydrogen) atoms. The summed E-state index contributed by atoms with van der Waals surface area (Å²) in [6, 6.07) is 15.6. The molecular formula is C20H20N6OS2. The van der Waals surface area contributed by atoms with Gasteiger partial charge in [-0.1, -0.05) is 36.0 Å². The van der Waals surface area contributed by atoms with Crippen LogP contribution in [-0.2, 0) is 18.8 Å². The number of imidazole rings is 1. The molecule has 148 valence electrons. The van der Waals surface area contributed by atoms with E-state index in [0.717, 1.165) is 27.5 Å².